The van der Waals surface area contributed by atoms with E-state index in [9.17, 15) is 9.18 Å². The Morgan fingerprint density at radius 2 is 2.10 bits per heavy atom. The number of hydrogen-bond acceptors (Lipinski definition) is 2. The van der Waals surface area contributed by atoms with Crippen LogP contribution in [-0.4, -0.2) is 12.3 Å². The molecule has 102 valence electrons. The maximum absolute atomic E-state index is 13.3. The number of halogens is 1. The Morgan fingerprint density at radius 1 is 1.25 bits per heavy atom. The first kappa shape index (κ1) is 13.0. The van der Waals surface area contributed by atoms with Crippen molar-refractivity contribution >= 4 is 5.78 Å². The number of fused-ring (bicyclic) bond motifs is 1. The molecule has 1 aliphatic heterocycles. The molecule has 3 rings (SSSR count). The van der Waals surface area contributed by atoms with E-state index in [0.29, 0.717) is 11.1 Å². The molecule has 0 bridgehead atoms. The van der Waals surface area contributed by atoms with Gasteiger partial charge in [-0.2, -0.15) is 0 Å². The molecule has 0 fully saturated rings. The second-order valence-electron chi connectivity index (χ2n) is 5.16. The number of carbonyl (C=O) groups is 1. The first-order chi connectivity index (χ1) is 9.66. The van der Waals surface area contributed by atoms with Gasteiger partial charge in [0.25, 0.3) is 0 Å². The number of hydrogen-bond donors (Lipinski definition) is 1. The van der Waals surface area contributed by atoms with Crippen molar-refractivity contribution in [3.05, 3.63) is 70.0 Å². The Balaban J connectivity index is 2.04. The molecule has 0 unspecified atom stereocenters. The molecule has 0 aromatic heterocycles. The number of ketones is 1. The van der Waals surface area contributed by atoms with E-state index < -0.39 is 0 Å². The van der Waals surface area contributed by atoms with E-state index in [0.717, 1.165) is 30.6 Å². The minimum atomic E-state index is -0.277. The van der Waals surface area contributed by atoms with Crippen LogP contribution in [0.25, 0.3) is 0 Å². The molecule has 0 saturated carbocycles. The average Bonchev–Trinajstić information content (AvgIpc) is 2.49. The lowest BCUT2D eigenvalue weighted by molar-refractivity contribution is 0.103. The van der Waals surface area contributed by atoms with Gasteiger partial charge in [0.05, 0.1) is 0 Å². The van der Waals surface area contributed by atoms with Crippen LogP contribution < -0.4 is 5.32 Å². The Hall–Kier alpha value is -2.00. The van der Waals surface area contributed by atoms with Crippen molar-refractivity contribution in [2.75, 3.05) is 6.54 Å². The Labute approximate surface area is 117 Å². The number of benzene rings is 2. The molecule has 1 aliphatic rings. The monoisotopic (exact) mass is 269 g/mol. The minimum absolute atomic E-state index is 0.0214. The summed E-state index contributed by atoms with van der Waals surface area (Å²) in [6.45, 7) is 3.37. The zero-order valence-corrected chi connectivity index (χ0v) is 11.4. The van der Waals surface area contributed by atoms with Crippen molar-refractivity contribution in [1.82, 2.24) is 5.32 Å². The van der Waals surface area contributed by atoms with E-state index in [4.69, 9.17) is 0 Å². The van der Waals surface area contributed by atoms with Crippen LogP contribution in [0.5, 0.6) is 0 Å². The van der Waals surface area contributed by atoms with Gasteiger partial charge in [0, 0.05) is 17.7 Å². The SMILES string of the molecule is Cc1cc(C(=O)c2cccc3c2CCNC3)ccc1F. The van der Waals surface area contributed by atoms with Crippen molar-refractivity contribution in [1.29, 1.82) is 0 Å². The van der Waals surface area contributed by atoms with Gasteiger partial charge in [-0.15, -0.1) is 0 Å². The molecule has 0 radical (unpaired) electrons. The second-order valence-corrected chi connectivity index (χ2v) is 5.16. The lowest BCUT2D eigenvalue weighted by atomic mass is 9.90. The van der Waals surface area contributed by atoms with E-state index >= 15 is 0 Å². The van der Waals surface area contributed by atoms with Gasteiger partial charge in [0.2, 0.25) is 0 Å². The fourth-order valence-electron chi connectivity index (χ4n) is 2.69. The second kappa shape index (κ2) is 5.17. The predicted molar refractivity (Wildman–Crippen MR) is 76.4 cm³/mol. The van der Waals surface area contributed by atoms with Crippen molar-refractivity contribution in [2.45, 2.75) is 19.9 Å². The van der Waals surface area contributed by atoms with E-state index in [-0.39, 0.29) is 11.6 Å². The van der Waals surface area contributed by atoms with Crippen LogP contribution in [0, 0.1) is 12.7 Å². The van der Waals surface area contributed by atoms with Crippen LogP contribution >= 0.6 is 0 Å². The van der Waals surface area contributed by atoms with Crippen molar-refractivity contribution in [3.8, 4) is 0 Å². The largest absolute Gasteiger partial charge is 0.312 e. The lowest BCUT2D eigenvalue weighted by Gasteiger charge is -2.19. The molecule has 0 saturated heterocycles. The van der Waals surface area contributed by atoms with Crippen molar-refractivity contribution < 1.29 is 9.18 Å². The average molecular weight is 269 g/mol. The van der Waals surface area contributed by atoms with Gasteiger partial charge in [-0.1, -0.05) is 18.2 Å². The zero-order chi connectivity index (χ0) is 14.1. The van der Waals surface area contributed by atoms with Crippen LogP contribution in [0.15, 0.2) is 36.4 Å². The molecule has 2 nitrogen and oxygen atoms in total. The van der Waals surface area contributed by atoms with Crippen LogP contribution in [0.3, 0.4) is 0 Å². The third kappa shape index (κ3) is 2.25. The lowest BCUT2D eigenvalue weighted by Crippen LogP contribution is -2.25. The molecule has 20 heavy (non-hydrogen) atoms. The Morgan fingerprint density at radius 3 is 2.90 bits per heavy atom. The quantitative estimate of drug-likeness (QED) is 0.849. The molecule has 1 heterocycles. The molecular weight excluding hydrogens is 253 g/mol. The molecule has 0 amide bonds. The Kier molecular flexibility index (Phi) is 3.36. The summed E-state index contributed by atoms with van der Waals surface area (Å²) < 4.78 is 13.3. The molecule has 0 aliphatic carbocycles. The maximum Gasteiger partial charge on any atom is 0.193 e. The normalized spacial score (nSPS) is 13.9. The first-order valence-electron chi connectivity index (χ1n) is 6.79. The molecule has 0 atom stereocenters. The highest BCUT2D eigenvalue weighted by Gasteiger charge is 2.18. The van der Waals surface area contributed by atoms with Gasteiger partial charge in [-0.25, -0.2) is 4.39 Å². The van der Waals surface area contributed by atoms with E-state index in [2.05, 4.69) is 5.32 Å². The van der Waals surface area contributed by atoms with E-state index in [1.807, 2.05) is 18.2 Å². The van der Waals surface area contributed by atoms with E-state index in [1.165, 1.54) is 11.6 Å². The maximum atomic E-state index is 13.3. The topological polar surface area (TPSA) is 29.1 Å². The van der Waals surface area contributed by atoms with E-state index in [1.54, 1.807) is 19.1 Å². The molecular formula is C17H16FNO. The number of carbonyl (C=O) groups excluding carboxylic acids is 1. The number of aryl methyl sites for hydroxylation is 1. The van der Waals surface area contributed by atoms with Crippen LogP contribution in [0.4, 0.5) is 4.39 Å². The summed E-state index contributed by atoms with van der Waals surface area (Å²) in [6.07, 6.45) is 0.859. The summed E-state index contributed by atoms with van der Waals surface area (Å²) in [5, 5.41) is 3.30. The van der Waals surface area contributed by atoms with Gasteiger partial charge in [0.1, 0.15) is 5.82 Å². The first-order valence-corrected chi connectivity index (χ1v) is 6.79. The van der Waals surface area contributed by atoms with Crippen LogP contribution in [-0.2, 0) is 13.0 Å². The summed E-state index contributed by atoms with van der Waals surface area (Å²) in [7, 11) is 0. The standard InChI is InChI=1S/C17H16FNO/c1-11-9-12(5-6-16(11)18)17(20)15-4-2-3-13-10-19-8-7-14(13)15/h2-6,9,19H,7-8,10H2,1H3. The van der Waals surface area contributed by atoms with Gasteiger partial charge in [0.15, 0.2) is 5.78 Å². The van der Waals surface area contributed by atoms with Gasteiger partial charge in [-0.05, 0) is 54.8 Å². The minimum Gasteiger partial charge on any atom is -0.312 e. The zero-order valence-electron chi connectivity index (χ0n) is 11.4. The highest BCUT2D eigenvalue weighted by atomic mass is 19.1. The predicted octanol–water partition coefficient (Wildman–Crippen LogP) is 3.01. The van der Waals surface area contributed by atoms with Gasteiger partial charge in [-0.3, -0.25) is 4.79 Å². The fraction of sp³-hybridized carbons (Fsp3) is 0.235. The summed E-state index contributed by atoms with van der Waals surface area (Å²) >= 11 is 0. The van der Waals surface area contributed by atoms with Crippen LogP contribution in [0.1, 0.15) is 32.6 Å². The highest BCUT2D eigenvalue weighted by Crippen LogP contribution is 2.22. The fourth-order valence-corrected chi connectivity index (χ4v) is 2.69. The number of rotatable bonds is 2. The van der Waals surface area contributed by atoms with Crippen molar-refractivity contribution in [3.63, 3.8) is 0 Å². The van der Waals surface area contributed by atoms with Gasteiger partial charge < -0.3 is 5.32 Å². The summed E-state index contributed by atoms with van der Waals surface area (Å²) in [5.41, 5.74) is 4.10. The van der Waals surface area contributed by atoms with Crippen LogP contribution in [0.2, 0.25) is 0 Å². The molecule has 2 aromatic carbocycles. The number of nitrogens with one attached hydrogen (secondary N) is 1. The Bertz CT molecular complexity index is 679. The smallest absolute Gasteiger partial charge is 0.193 e. The summed E-state index contributed by atoms with van der Waals surface area (Å²) in [4.78, 5) is 12.6. The highest BCUT2D eigenvalue weighted by molar-refractivity contribution is 6.10. The third-order valence-corrected chi connectivity index (χ3v) is 3.81. The molecule has 1 N–H and O–H groups in total. The molecule has 0 spiro atoms. The summed E-state index contributed by atoms with van der Waals surface area (Å²) in [6, 6.07) is 10.4. The van der Waals surface area contributed by atoms with Crippen molar-refractivity contribution in [2.24, 2.45) is 0 Å². The third-order valence-electron chi connectivity index (χ3n) is 3.81. The van der Waals surface area contributed by atoms with Gasteiger partial charge >= 0.3 is 0 Å². The summed E-state index contributed by atoms with van der Waals surface area (Å²) in [5.74, 6) is -0.298. The molecule has 2 aromatic rings. The molecule has 3 heteroatoms.